The van der Waals surface area contributed by atoms with Gasteiger partial charge in [-0.25, -0.2) is 4.98 Å². The number of aromatic nitrogens is 1. The molecule has 0 bridgehead atoms. The Morgan fingerprint density at radius 1 is 1.21 bits per heavy atom. The van der Waals surface area contributed by atoms with Crippen molar-refractivity contribution in [3.8, 4) is 28.8 Å². The number of nitriles is 1. The predicted octanol–water partition coefficient (Wildman–Crippen LogP) is 4.80. The molecule has 0 aliphatic rings. The summed E-state index contributed by atoms with van der Waals surface area (Å²) in [5, 5.41) is 23.0. The molecule has 0 saturated heterocycles. The Bertz CT molecular complexity index is 1080. The van der Waals surface area contributed by atoms with E-state index >= 15 is 0 Å². The van der Waals surface area contributed by atoms with E-state index in [1.165, 1.54) is 36.6 Å². The number of methoxy groups -OCH3 is 2. The minimum Gasteiger partial charge on any atom is -0.497 e. The molecule has 2 aromatic carbocycles. The van der Waals surface area contributed by atoms with Gasteiger partial charge in [0.05, 0.1) is 30.4 Å². The van der Waals surface area contributed by atoms with Crippen molar-refractivity contribution in [2.24, 2.45) is 0 Å². The van der Waals surface area contributed by atoms with Crippen molar-refractivity contribution in [3.05, 3.63) is 68.5 Å². The third-order valence-corrected chi connectivity index (χ3v) is 4.84. The number of nitro groups is 1. The number of nitrogens with zero attached hydrogens (tertiary/aromatic N) is 3. The Morgan fingerprint density at radius 2 is 1.96 bits per heavy atom. The first-order valence-corrected chi connectivity index (χ1v) is 8.98. The standard InChI is InChI=1S/C20H15N3O4S/c1-26-17-6-3-13(4-7-17)18-12-28-20(22-18)15(11-21)9-14-10-16(23(24)25)5-8-19(14)27-2/h3-10,12H,1-2H3. The van der Waals surface area contributed by atoms with Crippen molar-refractivity contribution in [2.75, 3.05) is 14.2 Å². The zero-order valence-corrected chi connectivity index (χ0v) is 15.9. The molecule has 0 aliphatic heterocycles. The van der Waals surface area contributed by atoms with Gasteiger partial charge in [0, 0.05) is 28.6 Å². The minimum absolute atomic E-state index is 0.0811. The van der Waals surface area contributed by atoms with Crippen LogP contribution in [-0.4, -0.2) is 24.1 Å². The number of nitro benzene ring substituents is 1. The molecule has 0 radical (unpaired) electrons. The first-order valence-electron chi connectivity index (χ1n) is 8.10. The maximum absolute atomic E-state index is 11.0. The van der Waals surface area contributed by atoms with Gasteiger partial charge in [0.1, 0.15) is 22.6 Å². The molecule has 1 aromatic heterocycles. The molecular weight excluding hydrogens is 378 g/mol. The maximum Gasteiger partial charge on any atom is 0.270 e. The Balaban J connectivity index is 1.98. The van der Waals surface area contributed by atoms with E-state index in [9.17, 15) is 15.4 Å². The van der Waals surface area contributed by atoms with Gasteiger partial charge < -0.3 is 9.47 Å². The monoisotopic (exact) mass is 393 g/mol. The highest BCUT2D eigenvalue weighted by Gasteiger charge is 2.14. The Labute approximate surface area is 165 Å². The van der Waals surface area contributed by atoms with Gasteiger partial charge in [0.25, 0.3) is 5.69 Å². The highest BCUT2D eigenvalue weighted by atomic mass is 32.1. The van der Waals surface area contributed by atoms with Crippen molar-refractivity contribution < 1.29 is 14.4 Å². The van der Waals surface area contributed by atoms with Gasteiger partial charge in [-0.1, -0.05) is 0 Å². The number of hydrogen-bond donors (Lipinski definition) is 0. The van der Waals surface area contributed by atoms with Crippen LogP contribution in [0.1, 0.15) is 10.6 Å². The molecule has 0 saturated carbocycles. The average Bonchev–Trinajstić information content (AvgIpc) is 3.21. The fraction of sp³-hybridized carbons (Fsp3) is 0.100. The Morgan fingerprint density at radius 3 is 2.57 bits per heavy atom. The zero-order valence-electron chi connectivity index (χ0n) is 15.1. The fourth-order valence-corrected chi connectivity index (χ4v) is 3.33. The normalized spacial score (nSPS) is 11.0. The SMILES string of the molecule is COc1ccc(-c2csc(C(C#N)=Cc3cc([N+](=O)[O-])ccc3OC)n2)cc1. The van der Waals surface area contributed by atoms with Crippen LogP contribution in [0, 0.1) is 21.4 Å². The van der Waals surface area contributed by atoms with E-state index in [1.807, 2.05) is 29.6 Å². The lowest BCUT2D eigenvalue weighted by Gasteiger charge is -2.05. The summed E-state index contributed by atoms with van der Waals surface area (Å²) >= 11 is 1.32. The first kappa shape index (κ1) is 19.1. The van der Waals surface area contributed by atoms with Crippen LogP contribution in [0.15, 0.2) is 47.8 Å². The number of non-ortho nitro benzene ring substituents is 1. The van der Waals surface area contributed by atoms with E-state index in [0.29, 0.717) is 21.9 Å². The van der Waals surface area contributed by atoms with Crippen molar-refractivity contribution >= 4 is 28.7 Å². The van der Waals surface area contributed by atoms with E-state index in [1.54, 1.807) is 13.2 Å². The van der Waals surface area contributed by atoms with Crippen LogP contribution in [0.3, 0.4) is 0 Å². The first-order chi connectivity index (χ1) is 13.5. The molecule has 7 nitrogen and oxygen atoms in total. The summed E-state index contributed by atoms with van der Waals surface area (Å²) < 4.78 is 10.4. The highest BCUT2D eigenvalue weighted by Crippen LogP contribution is 2.31. The van der Waals surface area contributed by atoms with Crippen LogP contribution < -0.4 is 9.47 Å². The van der Waals surface area contributed by atoms with Gasteiger partial charge in [-0.2, -0.15) is 5.26 Å². The molecule has 0 amide bonds. The van der Waals surface area contributed by atoms with Gasteiger partial charge in [-0.3, -0.25) is 10.1 Å². The lowest BCUT2D eigenvalue weighted by molar-refractivity contribution is -0.384. The van der Waals surface area contributed by atoms with E-state index in [4.69, 9.17) is 9.47 Å². The number of thiazole rings is 1. The Hall–Kier alpha value is -3.70. The summed E-state index contributed by atoms with van der Waals surface area (Å²) in [6, 6.07) is 13.8. The smallest absolute Gasteiger partial charge is 0.270 e. The fourth-order valence-electron chi connectivity index (χ4n) is 2.54. The van der Waals surface area contributed by atoms with Crippen molar-refractivity contribution in [1.82, 2.24) is 4.98 Å². The van der Waals surface area contributed by atoms with E-state index in [0.717, 1.165) is 17.0 Å². The van der Waals surface area contributed by atoms with Crippen molar-refractivity contribution in [3.63, 3.8) is 0 Å². The lowest BCUT2D eigenvalue weighted by atomic mass is 10.1. The molecule has 0 N–H and O–H groups in total. The maximum atomic E-state index is 11.0. The van der Waals surface area contributed by atoms with Gasteiger partial charge in [-0.15, -0.1) is 11.3 Å². The average molecular weight is 393 g/mol. The molecule has 0 aliphatic carbocycles. The topological polar surface area (TPSA) is 98.3 Å². The second-order valence-corrected chi connectivity index (χ2v) is 6.48. The Kier molecular flexibility index (Phi) is 5.67. The molecule has 140 valence electrons. The molecule has 3 rings (SSSR count). The van der Waals surface area contributed by atoms with Gasteiger partial charge in [-0.05, 0) is 36.4 Å². The molecule has 1 heterocycles. The van der Waals surface area contributed by atoms with Crippen LogP contribution >= 0.6 is 11.3 Å². The third kappa shape index (κ3) is 4.00. The highest BCUT2D eigenvalue weighted by molar-refractivity contribution is 7.11. The predicted molar refractivity (Wildman–Crippen MR) is 107 cm³/mol. The van der Waals surface area contributed by atoms with Gasteiger partial charge >= 0.3 is 0 Å². The largest absolute Gasteiger partial charge is 0.497 e. The summed E-state index contributed by atoms with van der Waals surface area (Å²) in [5.74, 6) is 1.18. The van der Waals surface area contributed by atoms with Crippen molar-refractivity contribution in [1.29, 1.82) is 5.26 Å². The molecule has 0 spiro atoms. The summed E-state index contributed by atoms with van der Waals surface area (Å²) in [6.45, 7) is 0. The second kappa shape index (κ2) is 8.33. The molecule has 8 heteroatoms. The van der Waals surface area contributed by atoms with Gasteiger partial charge in [0.2, 0.25) is 0 Å². The number of benzene rings is 2. The molecule has 0 unspecified atom stereocenters. The number of ether oxygens (including phenoxy) is 2. The number of hydrogen-bond acceptors (Lipinski definition) is 7. The van der Waals surface area contributed by atoms with Crippen LogP contribution in [0.5, 0.6) is 11.5 Å². The van der Waals surface area contributed by atoms with Gasteiger partial charge in [0.15, 0.2) is 0 Å². The van der Waals surface area contributed by atoms with Crippen molar-refractivity contribution in [2.45, 2.75) is 0 Å². The zero-order chi connectivity index (χ0) is 20.1. The minimum atomic E-state index is -0.492. The molecule has 0 atom stereocenters. The molecule has 3 aromatic rings. The molecule has 28 heavy (non-hydrogen) atoms. The van der Waals surface area contributed by atoms with Crippen LogP contribution in [0.4, 0.5) is 5.69 Å². The summed E-state index contributed by atoms with van der Waals surface area (Å²) in [7, 11) is 3.07. The third-order valence-electron chi connectivity index (χ3n) is 3.96. The van der Waals surface area contributed by atoms with Crippen LogP contribution in [-0.2, 0) is 0 Å². The summed E-state index contributed by atoms with van der Waals surface area (Å²) in [4.78, 5) is 15.1. The number of allylic oxidation sites excluding steroid dienone is 1. The summed E-state index contributed by atoms with van der Waals surface area (Å²) in [6.07, 6.45) is 1.54. The molecule has 0 fully saturated rings. The summed E-state index contributed by atoms with van der Waals surface area (Å²) in [5.41, 5.74) is 2.28. The molecular formula is C20H15N3O4S. The van der Waals surface area contributed by atoms with Crippen LogP contribution in [0.25, 0.3) is 22.9 Å². The lowest BCUT2D eigenvalue weighted by Crippen LogP contribution is -1.92. The van der Waals surface area contributed by atoms with E-state index < -0.39 is 4.92 Å². The quantitative estimate of drug-likeness (QED) is 0.339. The number of rotatable bonds is 6. The van der Waals surface area contributed by atoms with Crippen LogP contribution in [0.2, 0.25) is 0 Å². The van der Waals surface area contributed by atoms with E-state index in [-0.39, 0.29) is 5.69 Å². The second-order valence-electron chi connectivity index (χ2n) is 5.62. The van der Waals surface area contributed by atoms with E-state index in [2.05, 4.69) is 11.1 Å².